The number of rotatable bonds is 5. The summed E-state index contributed by atoms with van der Waals surface area (Å²) >= 11 is 0. The van der Waals surface area contributed by atoms with E-state index >= 15 is 0 Å². The maximum atomic E-state index is 12.1. The van der Waals surface area contributed by atoms with Crippen molar-refractivity contribution in [3.63, 3.8) is 0 Å². The van der Waals surface area contributed by atoms with Gasteiger partial charge in [0, 0.05) is 32.1 Å². The molecule has 1 saturated heterocycles. The predicted octanol–water partition coefficient (Wildman–Crippen LogP) is 1.92. The van der Waals surface area contributed by atoms with Gasteiger partial charge in [-0.3, -0.25) is 4.90 Å². The molecule has 7 nitrogen and oxygen atoms in total. The first-order valence-corrected chi connectivity index (χ1v) is 9.80. The summed E-state index contributed by atoms with van der Waals surface area (Å²) in [6.07, 6.45) is 7.15. The minimum atomic E-state index is -0.122. The van der Waals surface area contributed by atoms with Gasteiger partial charge in [-0.25, -0.2) is 4.79 Å². The summed E-state index contributed by atoms with van der Waals surface area (Å²) in [5.41, 5.74) is 0. The zero-order valence-corrected chi connectivity index (χ0v) is 15.6. The Morgan fingerprint density at radius 3 is 2.92 bits per heavy atom. The highest BCUT2D eigenvalue weighted by atomic mass is 16.2. The number of nitrogens with one attached hydrogen (secondary N) is 2. The number of fused-ring (bicyclic) bond motifs is 1. The summed E-state index contributed by atoms with van der Waals surface area (Å²) in [4.78, 5) is 14.6. The largest absolute Gasteiger partial charge is 0.337 e. The van der Waals surface area contributed by atoms with E-state index in [4.69, 9.17) is 0 Å². The molecule has 2 aliphatic rings. The fourth-order valence-corrected chi connectivity index (χ4v) is 3.89. The molecule has 0 bridgehead atoms. The highest BCUT2D eigenvalue weighted by Gasteiger charge is 2.21. The molecule has 2 atom stereocenters. The lowest BCUT2D eigenvalue weighted by Gasteiger charge is -2.35. The molecule has 1 aromatic rings. The first-order valence-electron chi connectivity index (χ1n) is 9.80. The molecule has 1 aromatic heterocycles. The Balaban J connectivity index is 1.42. The number of aryl methyl sites for hydroxylation is 1. The molecule has 0 radical (unpaired) electrons. The molecule has 0 aromatic carbocycles. The van der Waals surface area contributed by atoms with Crippen LogP contribution in [0, 0.1) is 5.92 Å². The minimum Gasteiger partial charge on any atom is -0.337 e. The SMILES string of the molecule is CC1CCCN(C(C)CNC(=O)NCc2nnc3n2CCCCC3)C1. The second-order valence-electron chi connectivity index (χ2n) is 7.65. The van der Waals surface area contributed by atoms with E-state index in [2.05, 4.69) is 44.1 Å². The lowest BCUT2D eigenvalue weighted by molar-refractivity contribution is 0.137. The number of aromatic nitrogens is 3. The van der Waals surface area contributed by atoms with E-state index in [1.807, 2.05) is 0 Å². The highest BCUT2D eigenvalue weighted by Crippen LogP contribution is 2.17. The molecule has 0 spiro atoms. The van der Waals surface area contributed by atoms with Gasteiger partial charge in [0.2, 0.25) is 0 Å². The van der Waals surface area contributed by atoms with E-state index in [1.165, 1.54) is 25.7 Å². The van der Waals surface area contributed by atoms with Gasteiger partial charge in [0.1, 0.15) is 5.82 Å². The summed E-state index contributed by atoms with van der Waals surface area (Å²) in [6.45, 7) is 8.85. The van der Waals surface area contributed by atoms with Crippen LogP contribution in [0.1, 0.15) is 57.6 Å². The van der Waals surface area contributed by atoms with Gasteiger partial charge in [-0.05, 0) is 45.1 Å². The second kappa shape index (κ2) is 8.65. The quantitative estimate of drug-likeness (QED) is 0.852. The highest BCUT2D eigenvalue weighted by molar-refractivity contribution is 5.73. The van der Waals surface area contributed by atoms with E-state index < -0.39 is 0 Å². The van der Waals surface area contributed by atoms with Crippen LogP contribution in [0.25, 0.3) is 0 Å². The number of amides is 2. The van der Waals surface area contributed by atoms with Gasteiger partial charge in [-0.15, -0.1) is 10.2 Å². The third-order valence-corrected chi connectivity index (χ3v) is 5.46. The van der Waals surface area contributed by atoms with E-state index in [0.29, 0.717) is 19.1 Å². The number of nitrogens with zero attached hydrogens (tertiary/aromatic N) is 4. The zero-order chi connectivity index (χ0) is 17.6. The van der Waals surface area contributed by atoms with Gasteiger partial charge in [0.15, 0.2) is 5.82 Å². The monoisotopic (exact) mass is 348 g/mol. The van der Waals surface area contributed by atoms with Crippen molar-refractivity contribution in [1.29, 1.82) is 0 Å². The summed E-state index contributed by atoms with van der Waals surface area (Å²) in [6, 6.07) is 0.251. The van der Waals surface area contributed by atoms with Crippen molar-refractivity contribution in [2.45, 2.75) is 71.5 Å². The minimum absolute atomic E-state index is 0.122. The molecule has 2 N–H and O–H groups in total. The predicted molar refractivity (Wildman–Crippen MR) is 97.2 cm³/mol. The van der Waals surface area contributed by atoms with Crippen molar-refractivity contribution < 1.29 is 4.79 Å². The van der Waals surface area contributed by atoms with Gasteiger partial charge < -0.3 is 15.2 Å². The zero-order valence-electron chi connectivity index (χ0n) is 15.6. The number of carbonyl (C=O) groups is 1. The van der Waals surface area contributed by atoms with Gasteiger partial charge in [0.25, 0.3) is 0 Å². The molecule has 140 valence electrons. The molecule has 2 amide bonds. The molecule has 3 rings (SSSR count). The molecule has 0 aliphatic carbocycles. The smallest absolute Gasteiger partial charge is 0.315 e. The third kappa shape index (κ3) is 4.93. The van der Waals surface area contributed by atoms with Gasteiger partial charge in [0.05, 0.1) is 6.54 Å². The van der Waals surface area contributed by atoms with Crippen molar-refractivity contribution >= 4 is 6.03 Å². The molecule has 1 fully saturated rings. The maximum absolute atomic E-state index is 12.1. The summed E-state index contributed by atoms with van der Waals surface area (Å²) in [5, 5.41) is 14.5. The topological polar surface area (TPSA) is 75.1 Å². The van der Waals surface area contributed by atoms with Crippen LogP contribution in [-0.4, -0.2) is 51.4 Å². The number of piperidine rings is 1. The molecule has 0 saturated carbocycles. The molecule has 25 heavy (non-hydrogen) atoms. The third-order valence-electron chi connectivity index (χ3n) is 5.46. The van der Waals surface area contributed by atoms with E-state index in [0.717, 1.165) is 50.0 Å². The second-order valence-corrected chi connectivity index (χ2v) is 7.65. The standard InChI is InChI=1S/C18H32N6O/c1-14-7-6-9-23(13-14)15(2)11-19-18(25)20-12-17-22-21-16-8-4-3-5-10-24(16)17/h14-15H,3-13H2,1-2H3,(H2,19,20,25). The lowest BCUT2D eigenvalue weighted by Crippen LogP contribution is -2.48. The van der Waals surface area contributed by atoms with Crippen LogP contribution in [0.5, 0.6) is 0 Å². The Kier molecular flexibility index (Phi) is 6.29. The summed E-state index contributed by atoms with van der Waals surface area (Å²) in [7, 11) is 0. The van der Waals surface area contributed by atoms with Crippen LogP contribution in [0.2, 0.25) is 0 Å². The molecule has 7 heteroatoms. The number of hydrogen-bond donors (Lipinski definition) is 2. The van der Waals surface area contributed by atoms with Crippen molar-refractivity contribution in [1.82, 2.24) is 30.3 Å². The Labute approximate surface area is 150 Å². The van der Waals surface area contributed by atoms with Gasteiger partial charge >= 0.3 is 6.03 Å². The van der Waals surface area contributed by atoms with Crippen molar-refractivity contribution in [2.75, 3.05) is 19.6 Å². The molecular formula is C18H32N6O. The summed E-state index contributed by atoms with van der Waals surface area (Å²) in [5.74, 6) is 2.68. The lowest BCUT2D eigenvalue weighted by atomic mass is 9.99. The molecule has 3 heterocycles. The fraction of sp³-hybridized carbons (Fsp3) is 0.833. The van der Waals surface area contributed by atoms with Crippen LogP contribution in [-0.2, 0) is 19.5 Å². The number of hydrogen-bond acceptors (Lipinski definition) is 4. The molecule has 2 aliphatic heterocycles. The Bertz CT molecular complexity index is 572. The first kappa shape index (κ1) is 18.2. The Hall–Kier alpha value is -1.63. The van der Waals surface area contributed by atoms with Crippen LogP contribution in [0.4, 0.5) is 4.79 Å². The van der Waals surface area contributed by atoms with Crippen LogP contribution in [0.3, 0.4) is 0 Å². The van der Waals surface area contributed by atoms with Crippen LogP contribution < -0.4 is 10.6 Å². The van der Waals surface area contributed by atoms with Gasteiger partial charge in [-0.1, -0.05) is 13.3 Å². The van der Waals surface area contributed by atoms with Gasteiger partial charge in [-0.2, -0.15) is 0 Å². The molecular weight excluding hydrogens is 316 g/mol. The average molecular weight is 348 g/mol. The van der Waals surface area contributed by atoms with E-state index in [9.17, 15) is 4.79 Å². The maximum Gasteiger partial charge on any atom is 0.315 e. The van der Waals surface area contributed by atoms with Crippen molar-refractivity contribution in [2.24, 2.45) is 5.92 Å². The van der Waals surface area contributed by atoms with Crippen LogP contribution in [0.15, 0.2) is 0 Å². The van der Waals surface area contributed by atoms with E-state index in [1.54, 1.807) is 0 Å². The number of carbonyl (C=O) groups excluding carboxylic acids is 1. The number of likely N-dealkylation sites (tertiary alicyclic amines) is 1. The number of urea groups is 1. The first-order chi connectivity index (χ1) is 12.1. The normalized spacial score (nSPS) is 22.7. The van der Waals surface area contributed by atoms with Crippen molar-refractivity contribution in [3.8, 4) is 0 Å². The summed E-state index contributed by atoms with van der Waals surface area (Å²) < 4.78 is 2.17. The average Bonchev–Trinajstić information content (AvgIpc) is 2.84. The van der Waals surface area contributed by atoms with Crippen LogP contribution >= 0.6 is 0 Å². The Morgan fingerprint density at radius 2 is 2.08 bits per heavy atom. The molecule has 2 unspecified atom stereocenters. The van der Waals surface area contributed by atoms with Crippen molar-refractivity contribution in [3.05, 3.63) is 11.6 Å². The Morgan fingerprint density at radius 1 is 1.20 bits per heavy atom. The van der Waals surface area contributed by atoms with E-state index in [-0.39, 0.29) is 6.03 Å². The fourth-order valence-electron chi connectivity index (χ4n) is 3.89.